The molecule has 1 aromatic heterocycles. The minimum Gasteiger partial charge on any atom is -0.350 e. The van der Waals surface area contributed by atoms with Crippen molar-refractivity contribution in [3.8, 4) is 0 Å². The average Bonchev–Trinajstić information content (AvgIpc) is 2.96. The molecule has 0 unspecified atom stereocenters. The van der Waals surface area contributed by atoms with Crippen molar-refractivity contribution in [1.82, 2.24) is 20.4 Å². The van der Waals surface area contributed by atoms with Crippen molar-refractivity contribution in [2.45, 2.75) is 39.2 Å². The fraction of sp³-hybridized carbons (Fsp3) is 0.667. The fourth-order valence-corrected chi connectivity index (χ4v) is 2.69. The SMILES string of the molecule is Cc1nnc(CNC(=O)CCCN2CCCC2=O)s1. The summed E-state index contributed by atoms with van der Waals surface area (Å²) in [6, 6.07) is 0. The molecule has 0 bridgehead atoms. The first-order valence-electron chi connectivity index (χ1n) is 6.48. The molecule has 0 saturated carbocycles. The molecular weight excluding hydrogens is 264 g/mol. The van der Waals surface area contributed by atoms with E-state index in [0.717, 1.165) is 23.0 Å². The maximum atomic E-state index is 11.6. The van der Waals surface area contributed by atoms with Gasteiger partial charge in [0.1, 0.15) is 10.0 Å². The number of carbonyl (C=O) groups excluding carboxylic acids is 2. The highest BCUT2D eigenvalue weighted by Crippen LogP contribution is 2.10. The number of carbonyl (C=O) groups is 2. The van der Waals surface area contributed by atoms with Crippen LogP contribution >= 0.6 is 11.3 Å². The predicted molar refractivity (Wildman–Crippen MR) is 71.5 cm³/mol. The predicted octanol–water partition coefficient (Wildman–Crippen LogP) is 0.865. The van der Waals surface area contributed by atoms with E-state index in [4.69, 9.17) is 0 Å². The molecule has 0 aliphatic carbocycles. The Bertz CT molecular complexity index is 460. The summed E-state index contributed by atoms with van der Waals surface area (Å²) in [5.41, 5.74) is 0. The minimum absolute atomic E-state index is 0.000464. The number of hydrogen-bond donors (Lipinski definition) is 1. The molecule has 1 aliphatic heterocycles. The summed E-state index contributed by atoms with van der Waals surface area (Å²) in [4.78, 5) is 24.8. The number of hydrogen-bond acceptors (Lipinski definition) is 5. The number of amides is 2. The van der Waals surface area contributed by atoms with Crippen molar-refractivity contribution in [3.63, 3.8) is 0 Å². The van der Waals surface area contributed by atoms with Gasteiger partial charge in [-0.15, -0.1) is 10.2 Å². The average molecular weight is 282 g/mol. The van der Waals surface area contributed by atoms with Crippen molar-refractivity contribution in [2.24, 2.45) is 0 Å². The van der Waals surface area contributed by atoms with Crippen molar-refractivity contribution in [1.29, 1.82) is 0 Å². The molecule has 1 aliphatic rings. The number of likely N-dealkylation sites (tertiary alicyclic amines) is 1. The van der Waals surface area contributed by atoms with Crippen LogP contribution < -0.4 is 5.32 Å². The van der Waals surface area contributed by atoms with Gasteiger partial charge < -0.3 is 10.2 Å². The Morgan fingerprint density at radius 2 is 2.32 bits per heavy atom. The lowest BCUT2D eigenvalue weighted by Crippen LogP contribution is -2.28. The van der Waals surface area contributed by atoms with Crippen LogP contribution in [0.1, 0.15) is 35.7 Å². The van der Waals surface area contributed by atoms with E-state index in [1.807, 2.05) is 11.8 Å². The van der Waals surface area contributed by atoms with E-state index in [2.05, 4.69) is 15.5 Å². The number of nitrogens with zero attached hydrogens (tertiary/aromatic N) is 3. The lowest BCUT2D eigenvalue weighted by atomic mass is 10.3. The zero-order valence-electron chi connectivity index (χ0n) is 11.0. The standard InChI is InChI=1S/C12H18N4O2S/c1-9-14-15-11(19-9)8-13-10(17)4-2-6-16-7-3-5-12(16)18/h2-8H2,1H3,(H,13,17). The van der Waals surface area contributed by atoms with E-state index in [1.54, 1.807) is 0 Å². The largest absolute Gasteiger partial charge is 0.350 e. The second kappa shape index (κ2) is 6.60. The summed E-state index contributed by atoms with van der Waals surface area (Å²) in [6.45, 7) is 3.84. The molecule has 1 N–H and O–H groups in total. The summed E-state index contributed by atoms with van der Waals surface area (Å²) in [5.74, 6) is 0.212. The van der Waals surface area contributed by atoms with Crippen molar-refractivity contribution < 1.29 is 9.59 Å². The quantitative estimate of drug-likeness (QED) is 0.840. The second-order valence-corrected chi connectivity index (χ2v) is 5.85. The van der Waals surface area contributed by atoms with Crippen molar-refractivity contribution >= 4 is 23.2 Å². The van der Waals surface area contributed by atoms with E-state index in [1.165, 1.54) is 11.3 Å². The Morgan fingerprint density at radius 1 is 1.47 bits per heavy atom. The Kier molecular flexibility index (Phi) is 4.84. The maximum Gasteiger partial charge on any atom is 0.222 e. The van der Waals surface area contributed by atoms with Gasteiger partial charge in [-0.05, 0) is 19.8 Å². The van der Waals surface area contributed by atoms with Gasteiger partial charge in [0.2, 0.25) is 11.8 Å². The Labute approximate surface area is 116 Å². The second-order valence-electron chi connectivity index (χ2n) is 4.58. The van der Waals surface area contributed by atoms with Crippen LogP contribution in [0.4, 0.5) is 0 Å². The molecule has 0 aromatic carbocycles. The molecule has 2 heterocycles. The molecule has 1 fully saturated rings. The van der Waals surface area contributed by atoms with Crippen LogP contribution in [0.15, 0.2) is 0 Å². The van der Waals surface area contributed by atoms with Crippen LogP contribution in [0.25, 0.3) is 0 Å². The molecule has 1 aromatic rings. The molecule has 104 valence electrons. The van der Waals surface area contributed by atoms with Crippen LogP contribution in [-0.4, -0.2) is 40.0 Å². The van der Waals surface area contributed by atoms with Crippen LogP contribution in [0.3, 0.4) is 0 Å². The number of aromatic nitrogens is 2. The Hall–Kier alpha value is -1.50. The zero-order valence-corrected chi connectivity index (χ0v) is 11.8. The molecule has 0 spiro atoms. The van der Waals surface area contributed by atoms with E-state index < -0.39 is 0 Å². The number of nitrogens with one attached hydrogen (secondary N) is 1. The first-order chi connectivity index (χ1) is 9.15. The van der Waals surface area contributed by atoms with Gasteiger partial charge in [0.25, 0.3) is 0 Å². The highest BCUT2D eigenvalue weighted by atomic mass is 32.1. The molecule has 2 amide bonds. The first-order valence-corrected chi connectivity index (χ1v) is 7.30. The molecule has 19 heavy (non-hydrogen) atoms. The third kappa shape index (κ3) is 4.27. The van der Waals surface area contributed by atoms with E-state index in [-0.39, 0.29) is 11.8 Å². The van der Waals surface area contributed by atoms with E-state index >= 15 is 0 Å². The fourth-order valence-electron chi connectivity index (χ4n) is 2.04. The van der Waals surface area contributed by atoms with E-state index in [9.17, 15) is 9.59 Å². The summed E-state index contributed by atoms with van der Waals surface area (Å²) in [7, 11) is 0. The van der Waals surface area contributed by atoms with Crippen LogP contribution in [-0.2, 0) is 16.1 Å². The number of aryl methyl sites for hydroxylation is 1. The Morgan fingerprint density at radius 3 is 2.95 bits per heavy atom. The van der Waals surface area contributed by atoms with Gasteiger partial charge in [-0.3, -0.25) is 9.59 Å². The monoisotopic (exact) mass is 282 g/mol. The molecule has 7 heteroatoms. The summed E-state index contributed by atoms with van der Waals surface area (Å²) in [6.07, 6.45) is 2.76. The molecule has 1 saturated heterocycles. The summed E-state index contributed by atoms with van der Waals surface area (Å²) >= 11 is 1.48. The van der Waals surface area contributed by atoms with Gasteiger partial charge in [0.15, 0.2) is 0 Å². The zero-order chi connectivity index (χ0) is 13.7. The maximum absolute atomic E-state index is 11.6. The third-order valence-electron chi connectivity index (χ3n) is 3.01. The van der Waals surface area contributed by atoms with Gasteiger partial charge >= 0.3 is 0 Å². The summed E-state index contributed by atoms with van der Waals surface area (Å²) < 4.78 is 0. The molecule has 0 radical (unpaired) electrons. The highest BCUT2D eigenvalue weighted by molar-refractivity contribution is 7.11. The lowest BCUT2D eigenvalue weighted by molar-refractivity contribution is -0.128. The van der Waals surface area contributed by atoms with Crippen LogP contribution in [0, 0.1) is 6.92 Å². The van der Waals surface area contributed by atoms with Gasteiger partial charge in [-0.25, -0.2) is 0 Å². The third-order valence-corrected chi connectivity index (χ3v) is 3.85. The summed E-state index contributed by atoms with van der Waals surface area (Å²) in [5, 5.41) is 12.4. The highest BCUT2D eigenvalue weighted by Gasteiger charge is 2.19. The lowest BCUT2D eigenvalue weighted by Gasteiger charge is -2.14. The number of rotatable bonds is 6. The van der Waals surface area contributed by atoms with Crippen LogP contribution in [0.5, 0.6) is 0 Å². The van der Waals surface area contributed by atoms with Gasteiger partial charge in [-0.1, -0.05) is 11.3 Å². The van der Waals surface area contributed by atoms with Crippen molar-refractivity contribution in [2.75, 3.05) is 13.1 Å². The van der Waals surface area contributed by atoms with Gasteiger partial charge in [-0.2, -0.15) is 0 Å². The smallest absolute Gasteiger partial charge is 0.222 e. The van der Waals surface area contributed by atoms with Crippen LogP contribution in [0.2, 0.25) is 0 Å². The van der Waals surface area contributed by atoms with E-state index in [0.29, 0.717) is 32.4 Å². The van der Waals surface area contributed by atoms with Gasteiger partial charge in [0, 0.05) is 25.9 Å². The molecular formula is C12H18N4O2S. The first kappa shape index (κ1) is 13.9. The Balaban J connectivity index is 1.60. The molecule has 2 rings (SSSR count). The topological polar surface area (TPSA) is 75.2 Å². The normalized spacial score (nSPS) is 15.0. The minimum atomic E-state index is -0.000464. The van der Waals surface area contributed by atoms with Gasteiger partial charge in [0.05, 0.1) is 6.54 Å². The molecule has 6 nitrogen and oxygen atoms in total. The molecule has 0 atom stereocenters. The van der Waals surface area contributed by atoms with Crippen molar-refractivity contribution in [3.05, 3.63) is 10.0 Å².